The molecule has 0 aliphatic carbocycles. The number of aliphatic hydroxyl groups is 1. The van der Waals surface area contributed by atoms with Gasteiger partial charge in [-0.3, -0.25) is 4.68 Å². The maximum atomic E-state index is 9.24. The van der Waals surface area contributed by atoms with E-state index in [1.54, 1.807) is 36.4 Å². The third kappa shape index (κ3) is 3.36. The molecule has 0 aromatic carbocycles. The highest BCUT2D eigenvalue weighted by atomic mass is 16.3. The number of rotatable bonds is 8. The standard InChI is InChI=1S/C18H23N7O/c1-3-15(5-7-26)24-11-14(10-22-24)18-17-4-6-21-25(17)12-16(23-18)13(8-19)9-20-2/h4,6,8-12,15,19-20,26H,3,5,7H2,1-2H3/b13-9+,19-8?. The first-order valence-electron chi connectivity index (χ1n) is 8.59. The lowest BCUT2D eigenvalue weighted by Gasteiger charge is -2.13. The van der Waals surface area contributed by atoms with Crippen LogP contribution in [0.2, 0.25) is 0 Å². The van der Waals surface area contributed by atoms with E-state index in [1.807, 2.05) is 16.9 Å². The van der Waals surface area contributed by atoms with Gasteiger partial charge in [0.15, 0.2) is 0 Å². The Morgan fingerprint density at radius 3 is 2.92 bits per heavy atom. The molecule has 0 saturated heterocycles. The number of hydrogen-bond acceptors (Lipinski definition) is 6. The van der Waals surface area contributed by atoms with Gasteiger partial charge in [0.05, 0.1) is 41.5 Å². The lowest BCUT2D eigenvalue weighted by Crippen LogP contribution is -2.10. The maximum Gasteiger partial charge on any atom is 0.0999 e. The Morgan fingerprint density at radius 2 is 2.23 bits per heavy atom. The van der Waals surface area contributed by atoms with Gasteiger partial charge in [-0.05, 0) is 18.9 Å². The van der Waals surface area contributed by atoms with Crippen LogP contribution in [0.15, 0.2) is 37.1 Å². The van der Waals surface area contributed by atoms with Crippen LogP contribution in [-0.2, 0) is 0 Å². The Morgan fingerprint density at radius 1 is 1.38 bits per heavy atom. The lowest BCUT2D eigenvalue weighted by molar-refractivity contribution is 0.248. The zero-order chi connectivity index (χ0) is 18.5. The van der Waals surface area contributed by atoms with E-state index in [-0.39, 0.29) is 12.6 Å². The van der Waals surface area contributed by atoms with Crippen molar-refractivity contribution < 1.29 is 5.11 Å². The molecule has 8 nitrogen and oxygen atoms in total. The maximum absolute atomic E-state index is 9.24. The molecule has 0 spiro atoms. The molecule has 8 heteroatoms. The van der Waals surface area contributed by atoms with Crippen LogP contribution in [0.4, 0.5) is 0 Å². The van der Waals surface area contributed by atoms with Crippen molar-refractivity contribution >= 4 is 17.3 Å². The third-order valence-electron chi connectivity index (χ3n) is 4.32. The molecule has 0 fully saturated rings. The van der Waals surface area contributed by atoms with E-state index in [0.717, 1.165) is 23.2 Å². The molecule has 0 amide bonds. The van der Waals surface area contributed by atoms with Gasteiger partial charge in [0, 0.05) is 43.4 Å². The van der Waals surface area contributed by atoms with Crippen LogP contribution < -0.4 is 5.32 Å². The van der Waals surface area contributed by atoms with Gasteiger partial charge in [-0.15, -0.1) is 0 Å². The zero-order valence-electron chi connectivity index (χ0n) is 14.9. The van der Waals surface area contributed by atoms with Gasteiger partial charge in [0.25, 0.3) is 0 Å². The number of fused-ring (bicyclic) bond motifs is 1. The van der Waals surface area contributed by atoms with Crippen LogP contribution in [0.1, 0.15) is 31.5 Å². The van der Waals surface area contributed by atoms with Crippen molar-refractivity contribution in [2.45, 2.75) is 25.8 Å². The van der Waals surface area contributed by atoms with E-state index < -0.39 is 0 Å². The number of aromatic nitrogens is 5. The van der Waals surface area contributed by atoms with Gasteiger partial charge < -0.3 is 15.8 Å². The molecule has 26 heavy (non-hydrogen) atoms. The van der Waals surface area contributed by atoms with Crippen molar-refractivity contribution in [3.8, 4) is 11.3 Å². The van der Waals surface area contributed by atoms with Gasteiger partial charge in [-0.25, -0.2) is 9.50 Å². The highest BCUT2D eigenvalue weighted by Gasteiger charge is 2.15. The lowest BCUT2D eigenvalue weighted by atomic mass is 10.1. The van der Waals surface area contributed by atoms with E-state index in [1.165, 1.54) is 6.21 Å². The van der Waals surface area contributed by atoms with Crippen molar-refractivity contribution in [1.82, 2.24) is 29.7 Å². The largest absolute Gasteiger partial charge is 0.396 e. The summed E-state index contributed by atoms with van der Waals surface area (Å²) in [7, 11) is 1.78. The zero-order valence-corrected chi connectivity index (χ0v) is 14.9. The summed E-state index contributed by atoms with van der Waals surface area (Å²) >= 11 is 0. The van der Waals surface area contributed by atoms with E-state index >= 15 is 0 Å². The van der Waals surface area contributed by atoms with Gasteiger partial charge in [0.2, 0.25) is 0 Å². The first-order valence-corrected chi connectivity index (χ1v) is 8.59. The molecule has 3 heterocycles. The molecule has 0 bridgehead atoms. The fraction of sp³-hybridized carbons (Fsp3) is 0.333. The molecular weight excluding hydrogens is 330 g/mol. The average Bonchev–Trinajstić information content (AvgIpc) is 3.32. The molecular formula is C18H23N7O. The van der Waals surface area contributed by atoms with Crippen LogP contribution in [0.3, 0.4) is 0 Å². The summed E-state index contributed by atoms with van der Waals surface area (Å²) < 4.78 is 3.64. The fourth-order valence-electron chi connectivity index (χ4n) is 2.96. The second-order valence-electron chi connectivity index (χ2n) is 5.95. The molecule has 3 aromatic heterocycles. The minimum absolute atomic E-state index is 0.131. The summed E-state index contributed by atoms with van der Waals surface area (Å²) in [6.07, 6.45) is 11.8. The Kier molecular flexibility index (Phi) is 5.43. The number of nitrogens with one attached hydrogen (secondary N) is 2. The summed E-state index contributed by atoms with van der Waals surface area (Å²) in [4.78, 5) is 4.75. The van der Waals surface area contributed by atoms with Crippen LogP contribution in [0, 0.1) is 5.41 Å². The molecule has 0 radical (unpaired) electrons. The summed E-state index contributed by atoms with van der Waals surface area (Å²) in [6.45, 7) is 2.21. The predicted molar refractivity (Wildman–Crippen MR) is 101 cm³/mol. The second kappa shape index (κ2) is 7.92. The van der Waals surface area contributed by atoms with E-state index in [4.69, 9.17) is 10.4 Å². The highest BCUT2D eigenvalue weighted by molar-refractivity contribution is 6.07. The van der Waals surface area contributed by atoms with E-state index in [2.05, 4.69) is 22.4 Å². The topological polar surface area (TPSA) is 104 Å². The second-order valence-corrected chi connectivity index (χ2v) is 5.95. The molecule has 0 aliphatic rings. The molecule has 3 N–H and O–H groups in total. The molecule has 0 saturated carbocycles. The number of hydrogen-bond donors (Lipinski definition) is 3. The van der Waals surface area contributed by atoms with Crippen molar-refractivity contribution in [3.05, 3.63) is 42.7 Å². The molecule has 3 aromatic rings. The Labute approximate surface area is 151 Å². The smallest absolute Gasteiger partial charge is 0.0999 e. The summed E-state index contributed by atoms with van der Waals surface area (Å²) in [5, 5.41) is 28.6. The van der Waals surface area contributed by atoms with E-state index in [0.29, 0.717) is 17.7 Å². The Bertz CT molecular complexity index is 925. The number of allylic oxidation sites excluding steroid dienone is 1. The summed E-state index contributed by atoms with van der Waals surface area (Å²) in [5.74, 6) is 0. The van der Waals surface area contributed by atoms with Gasteiger partial charge >= 0.3 is 0 Å². The minimum Gasteiger partial charge on any atom is -0.396 e. The summed E-state index contributed by atoms with van der Waals surface area (Å²) in [5.41, 5.74) is 3.81. The molecule has 1 unspecified atom stereocenters. The monoisotopic (exact) mass is 353 g/mol. The first kappa shape index (κ1) is 17.8. The van der Waals surface area contributed by atoms with Gasteiger partial charge in [0.1, 0.15) is 0 Å². The summed E-state index contributed by atoms with van der Waals surface area (Å²) in [6, 6.07) is 2.06. The highest BCUT2D eigenvalue weighted by Crippen LogP contribution is 2.26. The van der Waals surface area contributed by atoms with Crippen LogP contribution in [-0.4, -0.2) is 49.4 Å². The van der Waals surface area contributed by atoms with Gasteiger partial charge in [-0.1, -0.05) is 6.92 Å². The minimum atomic E-state index is 0.131. The normalized spacial score (nSPS) is 13.1. The molecule has 0 aliphatic heterocycles. The molecule has 136 valence electrons. The van der Waals surface area contributed by atoms with Crippen LogP contribution >= 0.6 is 0 Å². The predicted octanol–water partition coefficient (Wildman–Crippen LogP) is 2.14. The van der Waals surface area contributed by atoms with Crippen molar-refractivity contribution in [1.29, 1.82) is 5.41 Å². The fourth-order valence-corrected chi connectivity index (χ4v) is 2.96. The van der Waals surface area contributed by atoms with Crippen LogP contribution in [0.5, 0.6) is 0 Å². The van der Waals surface area contributed by atoms with Gasteiger partial charge in [-0.2, -0.15) is 10.2 Å². The van der Waals surface area contributed by atoms with Crippen LogP contribution in [0.25, 0.3) is 22.3 Å². The Balaban J connectivity index is 2.10. The van der Waals surface area contributed by atoms with E-state index in [9.17, 15) is 5.11 Å². The average molecular weight is 353 g/mol. The quantitative estimate of drug-likeness (QED) is 0.538. The number of aliphatic hydroxyl groups excluding tert-OH is 1. The SMILES string of the molecule is CCC(CCO)n1cc(-c2nc(/C(C=N)=C/NC)cn3nccc23)cn1. The number of nitrogens with zero attached hydrogens (tertiary/aromatic N) is 5. The third-order valence-corrected chi connectivity index (χ3v) is 4.32. The van der Waals surface area contributed by atoms with Crippen molar-refractivity contribution in [3.63, 3.8) is 0 Å². The first-order chi connectivity index (χ1) is 12.7. The van der Waals surface area contributed by atoms with Crippen molar-refractivity contribution in [2.24, 2.45) is 0 Å². The molecule has 3 rings (SSSR count). The molecule has 1 atom stereocenters. The Hall–Kier alpha value is -3.00. The van der Waals surface area contributed by atoms with Crippen molar-refractivity contribution in [2.75, 3.05) is 13.7 Å².